The van der Waals surface area contributed by atoms with E-state index >= 15 is 0 Å². The number of aromatic carboxylic acids is 1. The van der Waals surface area contributed by atoms with E-state index in [2.05, 4.69) is 11.4 Å². The van der Waals surface area contributed by atoms with Crippen molar-refractivity contribution in [3.05, 3.63) is 81.2 Å². The number of carbonyl (C=O) groups is 2. The standard InChI is InChI=1S/C29H28ClN3O6/c1-39-26-16-33(27(35)14-24(26)23-13-20(30)7-4-19(23)15-31)25(12-17-2-10-22(34)11-3-17)28(36)32-21-8-5-18(6-9-21)29(37)38/h4-9,13-14,16-17,22,25,34H,2-3,10-12H2,1H3,(H,32,36)(H,37,38)/t17?,22?,25-/m0/s1. The van der Waals surface area contributed by atoms with Gasteiger partial charge in [-0.1, -0.05) is 11.6 Å². The molecule has 0 saturated heterocycles. The van der Waals surface area contributed by atoms with Crippen molar-refractivity contribution in [2.45, 2.75) is 44.2 Å². The molecule has 1 aliphatic rings. The third-order valence-corrected chi connectivity index (χ3v) is 7.30. The molecule has 0 radical (unpaired) electrons. The number of nitrogens with one attached hydrogen (secondary N) is 1. The second-order valence-electron chi connectivity index (χ2n) is 9.60. The number of ether oxygens (including phenoxy) is 1. The number of pyridine rings is 1. The van der Waals surface area contributed by atoms with E-state index in [0.29, 0.717) is 46.7 Å². The minimum absolute atomic E-state index is 0.0830. The highest BCUT2D eigenvalue weighted by Gasteiger charge is 2.29. The molecule has 202 valence electrons. The Morgan fingerprint density at radius 2 is 1.82 bits per heavy atom. The molecule has 2 aromatic carbocycles. The van der Waals surface area contributed by atoms with E-state index in [1.807, 2.05) is 0 Å². The van der Waals surface area contributed by atoms with Crippen LogP contribution in [0.4, 0.5) is 5.69 Å². The summed E-state index contributed by atoms with van der Waals surface area (Å²) in [5, 5.41) is 31.9. The van der Waals surface area contributed by atoms with E-state index in [9.17, 15) is 24.8 Å². The maximum absolute atomic E-state index is 13.6. The third kappa shape index (κ3) is 6.48. The number of aromatic nitrogens is 1. The molecular formula is C29H28ClN3O6. The molecule has 1 heterocycles. The summed E-state index contributed by atoms with van der Waals surface area (Å²) >= 11 is 6.17. The summed E-state index contributed by atoms with van der Waals surface area (Å²) in [6, 6.07) is 13.0. The van der Waals surface area contributed by atoms with E-state index in [0.717, 1.165) is 12.8 Å². The Labute approximate surface area is 230 Å². The van der Waals surface area contributed by atoms with Crippen molar-refractivity contribution < 1.29 is 24.5 Å². The smallest absolute Gasteiger partial charge is 0.335 e. The molecule has 10 heteroatoms. The lowest BCUT2D eigenvalue weighted by atomic mass is 9.83. The van der Waals surface area contributed by atoms with Crippen LogP contribution in [-0.2, 0) is 4.79 Å². The monoisotopic (exact) mass is 549 g/mol. The number of benzene rings is 2. The first-order valence-electron chi connectivity index (χ1n) is 12.5. The number of hydrogen-bond donors (Lipinski definition) is 3. The lowest BCUT2D eigenvalue weighted by molar-refractivity contribution is -0.120. The highest BCUT2D eigenvalue weighted by Crippen LogP contribution is 2.35. The van der Waals surface area contributed by atoms with Gasteiger partial charge in [0.15, 0.2) is 0 Å². The molecule has 1 fully saturated rings. The number of halogens is 1. The minimum Gasteiger partial charge on any atom is -0.495 e. The number of nitriles is 1. The molecule has 9 nitrogen and oxygen atoms in total. The number of rotatable bonds is 8. The number of nitrogens with zero attached hydrogens (tertiary/aromatic N) is 2. The van der Waals surface area contributed by atoms with Crippen LogP contribution in [-0.4, -0.2) is 39.9 Å². The fourth-order valence-electron chi connectivity index (χ4n) is 4.95. The molecule has 4 rings (SSSR count). The minimum atomic E-state index is -1.08. The van der Waals surface area contributed by atoms with Gasteiger partial charge >= 0.3 is 5.97 Å². The number of aliphatic hydroxyl groups excluding tert-OH is 1. The van der Waals surface area contributed by atoms with Crippen LogP contribution in [0.1, 0.15) is 54.1 Å². The number of aliphatic hydroxyl groups is 1. The van der Waals surface area contributed by atoms with E-state index in [1.165, 1.54) is 48.2 Å². The molecule has 0 spiro atoms. The molecule has 0 bridgehead atoms. The lowest BCUT2D eigenvalue weighted by Gasteiger charge is -2.29. The molecule has 0 unspecified atom stereocenters. The number of carboxylic acids is 1. The SMILES string of the molecule is COc1cn([C@@H](CC2CCC(O)CC2)C(=O)Nc2ccc(C(=O)O)cc2)c(=O)cc1-c1cc(Cl)ccc1C#N. The fraction of sp³-hybridized carbons (Fsp3) is 0.310. The zero-order valence-electron chi connectivity index (χ0n) is 21.3. The summed E-state index contributed by atoms with van der Waals surface area (Å²) in [5.41, 5.74) is 1.14. The lowest BCUT2D eigenvalue weighted by Crippen LogP contribution is -2.35. The summed E-state index contributed by atoms with van der Waals surface area (Å²) in [6.07, 6.45) is 4.14. The zero-order chi connectivity index (χ0) is 28.1. The van der Waals surface area contributed by atoms with Gasteiger partial charge in [0.05, 0.1) is 36.6 Å². The molecule has 1 aromatic heterocycles. The molecule has 1 amide bonds. The summed E-state index contributed by atoms with van der Waals surface area (Å²) in [5.74, 6) is -1.13. The van der Waals surface area contributed by atoms with Crippen LogP contribution in [0.2, 0.25) is 5.02 Å². The Morgan fingerprint density at radius 1 is 1.13 bits per heavy atom. The number of anilines is 1. The Hall–Kier alpha value is -4.13. The van der Waals surface area contributed by atoms with Crippen molar-refractivity contribution in [1.82, 2.24) is 4.57 Å². The largest absolute Gasteiger partial charge is 0.495 e. The Kier molecular flexibility index (Phi) is 8.69. The maximum Gasteiger partial charge on any atom is 0.335 e. The summed E-state index contributed by atoms with van der Waals surface area (Å²) in [6.45, 7) is 0. The highest BCUT2D eigenvalue weighted by molar-refractivity contribution is 6.31. The maximum atomic E-state index is 13.6. The predicted molar refractivity (Wildman–Crippen MR) is 146 cm³/mol. The van der Waals surface area contributed by atoms with E-state index < -0.39 is 23.5 Å². The molecule has 3 N–H and O–H groups in total. The van der Waals surface area contributed by atoms with Gasteiger partial charge in [-0.25, -0.2) is 4.79 Å². The Bertz CT molecular complexity index is 1470. The van der Waals surface area contributed by atoms with Gasteiger partial charge in [0, 0.05) is 27.9 Å². The van der Waals surface area contributed by atoms with Crippen molar-refractivity contribution in [3.63, 3.8) is 0 Å². The van der Waals surface area contributed by atoms with E-state index in [-0.39, 0.29) is 23.3 Å². The van der Waals surface area contributed by atoms with Gasteiger partial charge in [-0.05, 0) is 80.5 Å². The molecule has 1 aliphatic carbocycles. The first-order chi connectivity index (χ1) is 18.7. The van der Waals surface area contributed by atoms with Gasteiger partial charge in [0.25, 0.3) is 5.56 Å². The molecule has 0 aliphatic heterocycles. The average Bonchev–Trinajstić information content (AvgIpc) is 2.93. The van der Waals surface area contributed by atoms with Crippen molar-refractivity contribution in [2.24, 2.45) is 5.92 Å². The number of methoxy groups -OCH3 is 1. The van der Waals surface area contributed by atoms with Gasteiger partial charge in [0.2, 0.25) is 5.91 Å². The normalized spacial score (nSPS) is 17.6. The molecule has 3 aromatic rings. The van der Waals surface area contributed by atoms with Gasteiger partial charge in [-0.2, -0.15) is 5.26 Å². The molecular weight excluding hydrogens is 522 g/mol. The predicted octanol–water partition coefficient (Wildman–Crippen LogP) is 4.87. The van der Waals surface area contributed by atoms with Crippen LogP contribution in [0.15, 0.2) is 59.5 Å². The Balaban J connectivity index is 1.73. The quantitative estimate of drug-likeness (QED) is 0.364. The second kappa shape index (κ2) is 12.2. The number of carboxylic acid groups (broad SMARTS) is 1. The van der Waals surface area contributed by atoms with Crippen LogP contribution in [0.3, 0.4) is 0 Å². The van der Waals surface area contributed by atoms with Crippen LogP contribution in [0.5, 0.6) is 5.75 Å². The fourth-order valence-corrected chi connectivity index (χ4v) is 5.12. The number of hydrogen-bond acceptors (Lipinski definition) is 6. The van der Waals surface area contributed by atoms with E-state index in [1.54, 1.807) is 18.2 Å². The van der Waals surface area contributed by atoms with Crippen LogP contribution >= 0.6 is 11.6 Å². The van der Waals surface area contributed by atoms with Gasteiger partial charge < -0.3 is 20.3 Å². The van der Waals surface area contributed by atoms with Crippen molar-refractivity contribution in [2.75, 3.05) is 12.4 Å². The van der Waals surface area contributed by atoms with Crippen LogP contribution in [0, 0.1) is 17.2 Å². The van der Waals surface area contributed by atoms with Gasteiger partial charge in [-0.15, -0.1) is 0 Å². The van der Waals surface area contributed by atoms with Crippen LogP contribution < -0.4 is 15.6 Å². The van der Waals surface area contributed by atoms with Crippen LogP contribution in [0.25, 0.3) is 11.1 Å². The third-order valence-electron chi connectivity index (χ3n) is 7.07. The van der Waals surface area contributed by atoms with Gasteiger partial charge in [-0.3, -0.25) is 14.2 Å². The molecule has 39 heavy (non-hydrogen) atoms. The molecule has 1 atom stereocenters. The first kappa shape index (κ1) is 27.9. The first-order valence-corrected chi connectivity index (χ1v) is 12.9. The number of amides is 1. The Morgan fingerprint density at radius 3 is 2.44 bits per heavy atom. The highest BCUT2D eigenvalue weighted by atomic mass is 35.5. The molecule has 1 saturated carbocycles. The summed E-state index contributed by atoms with van der Waals surface area (Å²) < 4.78 is 6.91. The summed E-state index contributed by atoms with van der Waals surface area (Å²) in [7, 11) is 1.44. The second-order valence-corrected chi connectivity index (χ2v) is 10.0. The van der Waals surface area contributed by atoms with Gasteiger partial charge in [0.1, 0.15) is 11.8 Å². The van der Waals surface area contributed by atoms with Crippen molar-refractivity contribution in [1.29, 1.82) is 5.26 Å². The zero-order valence-corrected chi connectivity index (χ0v) is 22.0. The summed E-state index contributed by atoms with van der Waals surface area (Å²) in [4.78, 5) is 38.2. The van der Waals surface area contributed by atoms with Crippen molar-refractivity contribution in [3.8, 4) is 22.9 Å². The average molecular weight is 550 g/mol. The topological polar surface area (TPSA) is 142 Å². The van der Waals surface area contributed by atoms with Crippen molar-refractivity contribution >= 4 is 29.2 Å². The number of carbonyl (C=O) groups excluding carboxylic acids is 1. The van der Waals surface area contributed by atoms with E-state index in [4.69, 9.17) is 21.4 Å².